The summed E-state index contributed by atoms with van der Waals surface area (Å²) in [6, 6.07) is 2.58. The van der Waals surface area contributed by atoms with Gasteiger partial charge in [0.05, 0.1) is 5.56 Å². The van der Waals surface area contributed by atoms with Gasteiger partial charge in [0.2, 0.25) is 0 Å². The fourth-order valence-corrected chi connectivity index (χ4v) is 1.33. The van der Waals surface area contributed by atoms with Crippen LogP contribution in [0.2, 0.25) is 0 Å². The Labute approximate surface area is 80.0 Å². The van der Waals surface area contributed by atoms with Crippen LogP contribution in [0.25, 0.3) is 0 Å². The molecule has 1 saturated carbocycles. The van der Waals surface area contributed by atoms with Gasteiger partial charge in [0.1, 0.15) is 0 Å². The van der Waals surface area contributed by atoms with Crippen molar-refractivity contribution in [3.05, 3.63) is 29.6 Å². The SMILES string of the molecule is FC(F)(F)c1ccc(CC2CC2)nc1. The Hall–Kier alpha value is -1.06. The van der Waals surface area contributed by atoms with E-state index in [1.807, 2.05) is 0 Å². The second-order valence-corrected chi connectivity index (χ2v) is 3.68. The average Bonchev–Trinajstić information content (AvgIpc) is 2.88. The highest BCUT2D eigenvalue weighted by Crippen LogP contribution is 2.33. The summed E-state index contributed by atoms with van der Waals surface area (Å²) in [7, 11) is 0. The van der Waals surface area contributed by atoms with E-state index in [9.17, 15) is 13.2 Å². The standard InChI is InChI=1S/C10H10F3N/c11-10(12,13)8-3-4-9(14-6-8)5-7-1-2-7/h3-4,6-7H,1-2,5H2. The van der Waals surface area contributed by atoms with Crippen molar-refractivity contribution in [2.24, 2.45) is 5.92 Å². The molecule has 0 unspecified atom stereocenters. The average molecular weight is 201 g/mol. The zero-order valence-corrected chi connectivity index (χ0v) is 7.51. The third-order valence-electron chi connectivity index (χ3n) is 2.35. The largest absolute Gasteiger partial charge is 0.417 e. The molecule has 4 heteroatoms. The van der Waals surface area contributed by atoms with E-state index in [2.05, 4.69) is 4.98 Å². The van der Waals surface area contributed by atoms with Crippen molar-refractivity contribution in [3.63, 3.8) is 0 Å². The zero-order chi connectivity index (χ0) is 10.2. The first-order valence-electron chi connectivity index (χ1n) is 4.58. The number of hydrogen-bond donors (Lipinski definition) is 0. The van der Waals surface area contributed by atoms with Crippen LogP contribution in [0.15, 0.2) is 18.3 Å². The molecule has 0 spiro atoms. The van der Waals surface area contributed by atoms with Crippen LogP contribution in [0.1, 0.15) is 24.1 Å². The predicted octanol–water partition coefficient (Wildman–Crippen LogP) is 3.05. The van der Waals surface area contributed by atoms with Crippen LogP contribution in [-0.2, 0) is 12.6 Å². The minimum atomic E-state index is -4.27. The van der Waals surface area contributed by atoms with Crippen LogP contribution in [0.5, 0.6) is 0 Å². The molecule has 1 aliphatic carbocycles. The summed E-state index contributed by atoms with van der Waals surface area (Å²) in [5.41, 5.74) is 0.0950. The molecule has 1 aliphatic rings. The number of hydrogen-bond acceptors (Lipinski definition) is 1. The molecule has 0 N–H and O–H groups in total. The third kappa shape index (κ3) is 2.25. The van der Waals surface area contributed by atoms with E-state index >= 15 is 0 Å². The number of nitrogens with zero attached hydrogens (tertiary/aromatic N) is 1. The Morgan fingerprint density at radius 2 is 2.00 bits per heavy atom. The second kappa shape index (κ2) is 3.26. The quantitative estimate of drug-likeness (QED) is 0.716. The maximum atomic E-state index is 12.2. The van der Waals surface area contributed by atoms with Gasteiger partial charge in [0.25, 0.3) is 0 Å². The van der Waals surface area contributed by atoms with Crippen molar-refractivity contribution < 1.29 is 13.2 Å². The normalized spacial score (nSPS) is 17.1. The van der Waals surface area contributed by atoms with Gasteiger partial charge < -0.3 is 0 Å². The summed E-state index contributed by atoms with van der Waals surface area (Å²) < 4.78 is 36.5. The van der Waals surface area contributed by atoms with Gasteiger partial charge in [-0.3, -0.25) is 4.98 Å². The summed E-state index contributed by atoms with van der Waals surface area (Å²) in [5, 5.41) is 0. The smallest absolute Gasteiger partial charge is 0.261 e. The molecule has 0 aliphatic heterocycles. The topological polar surface area (TPSA) is 12.9 Å². The predicted molar refractivity (Wildman–Crippen MR) is 45.7 cm³/mol. The molecule has 14 heavy (non-hydrogen) atoms. The molecular weight excluding hydrogens is 191 g/mol. The summed E-state index contributed by atoms with van der Waals surface area (Å²) in [6.07, 6.45) is -0.174. The van der Waals surface area contributed by atoms with E-state index in [0.29, 0.717) is 5.92 Å². The maximum Gasteiger partial charge on any atom is 0.417 e. The molecule has 2 rings (SSSR count). The van der Waals surface area contributed by atoms with Gasteiger partial charge in [0.15, 0.2) is 0 Å². The van der Waals surface area contributed by atoms with Crippen molar-refractivity contribution in [1.29, 1.82) is 0 Å². The van der Waals surface area contributed by atoms with Crippen molar-refractivity contribution >= 4 is 0 Å². The zero-order valence-electron chi connectivity index (χ0n) is 7.51. The highest BCUT2D eigenvalue weighted by atomic mass is 19.4. The third-order valence-corrected chi connectivity index (χ3v) is 2.35. The molecule has 0 saturated heterocycles. The number of aromatic nitrogens is 1. The van der Waals surface area contributed by atoms with E-state index in [0.717, 1.165) is 24.4 Å². The molecule has 0 atom stereocenters. The Morgan fingerprint density at radius 3 is 2.43 bits per heavy atom. The Bertz CT molecular complexity index is 311. The summed E-state index contributed by atoms with van der Waals surface area (Å²) in [5.74, 6) is 0.652. The van der Waals surface area contributed by atoms with E-state index in [4.69, 9.17) is 0 Å². The molecule has 0 amide bonds. The fourth-order valence-electron chi connectivity index (χ4n) is 1.33. The molecule has 76 valence electrons. The molecule has 1 heterocycles. The van der Waals surface area contributed by atoms with E-state index in [1.165, 1.54) is 18.9 Å². The van der Waals surface area contributed by atoms with Crippen molar-refractivity contribution in [2.75, 3.05) is 0 Å². The lowest BCUT2D eigenvalue weighted by molar-refractivity contribution is -0.137. The number of rotatable bonds is 2. The van der Waals surface area contributed by atoms with Crippen molar-refractivity contribution in [2.45, 2.75) is 25.4 Å². The summed E-state index contributed by atoms with van der Waals surface area (Å²) in [6.45, 7) is 0. The minimum Gasteiger partial charge on any atom is -0.261 e. The molecule has 1 aromatic rings. The fraction of sp³-hybridized carbons (Fsp3) is 0.500. The highest BCUT2D eigenvalue weighted by molar-refractivity contribution is 5.17. The van der Waals surface area contributed by atoms with Crippen molar-refractivity contribution in [3.8, 4) is 0 Å². The Balaban J connectivity index is 2.08. The number of alkyl halides is 3. The van der Waals surface area contributed by atoms with Gasteiger partial charge in [-0.1, -0.05) is 0 Å². The lowest BCUT2D eigenvalue weighted by Gasteiger charge is -2.06. The van der Waals surface area contributed by atoms with E-state index < -0.39 is 11.7 Å². The molecule has 0 aromatic carbocycles. The molecule has 0 radical (unpaired) electrons. The number of halogens is 3. The lowest BCUT2D eigenvalue weighted by Crippen LogP contribution is -2.06. The second-order valence-electron chi connectivity index (χ2n) is 3.68. The first-order valence-corrected chi connectivity index (χ1v) is 4.58. The Kier molecular flexibility index (Phi) is 2.21. The van der Waals surface area contributed by atoms with Crippen LogP contribution in [-0.4, -0.2) is 4.98 Å². The van der Waals surface area contributed by atoms with Crippen LogP contribution in [0.3, 0.4) is 0 Å². The van der Waals surface area contributed by atoms with E-state index in [1.54, 1.807) is 0 Å². The molecular formula is C10H10F3N. The first kappa shape index (κ1) is 9.49. The van der Waals surface area contributed by atoms with Gasteiger partial charge in [-0.05, 0) is 37.3 Å². The molecule has 1 fully saturated rings. The van der Waals surface area contributed by atoms with Gasteiger partial charge in [-0.15, -0.1) is 0 Å². The van der Waals surface area contributed by atoms with Crippen LogP contribution in [0, 0.1) is 5.92 Å². The molecule has 1 nitrogen and oxygen atoms in total. The van der Waals surface area contributed by atoms with Gasteiger partial charge in [-0.2, -0.15) is 13.2 Å². The molecule has 1 aromatic heterocycles. The number of pyridine rings is 1. The highest BCUT2D eigenvalue weighted by Gasteiger charge is 2.31. The minimum absolute atomic E-state index is 0.652. The first-order chi connectivity index (χ1) is 6.55. The van der Waals surface area contributed by atoms with E-state index in [-0.39, 0.29) is 0 Å². The monoisotopic (exact) mass is 201 g/mol. The maximum absolute atomic E-state index is 12.2. The summed E-state index contributed by atoms with van der Waals surface area (Å²) >= 11 is 0. The Morgan fingerprint density at radius 1 is 1.29 bits per heavy atom. The summed E-state index contributed by atoms with van der Waals surface area (Å²) in [4.78, 5) is 3.81. The van der Waals surface area contributed by atoms with Crippen LogP contribution in [0.4, 0.5) is 13.2 Å². The van der Waals surface area contributed by atoms with Crippen LogP contribution >= 0.6 is 0 Å². The van der Waals surface area contributed by atoms with Gasteiger partial charge >= 0.3 is 6.18 Å². The van der Waals surface area contributed by atoms with Crippen molar-refractivity contribution in [1.82, 2.24) is 4.98 Å². The van der Waals surface area contributed by atoms with Gasteiger partial charge in [-0.25, -0.2) is 0 Å². The van der Waals surface area contributed by atoms with Crippen LogP contribution < -0.4 is 0 Å². The van der Waals surface area contributed by atoms with Gasteiger partial charge in [0, 0.05) is 11.9 Å². The lowest BCUT2D eigenvalue weighted by atomic mass is 10.2. The molecule has 0 bridgehead atoms.